The summed E-state index contributed by atoms with van der Waals surface area (Å²) < 4.78 is 39.7. The number of halogens is 2. The number of hydrogen-bond acceptors (Lipinski definition) is 8. The molecule has 2 heterocycles. The van der Waals surface area contributed by atoms with Crippen LogP contribution in [0.1, 0.15) is 30.7 Å². The second kappa shape index (κ2) is 12.2. The standard InChI is InChI=1S/C28H36F2N4O4/c1-19-26(38-28(30,35)36)18-34(25-10-9-21(17-23(25)29)20-12-15-37-16-13-20)33(3)27(19)24(11-14-31-2)32-22-7-5-4-6-8-22/h4-7,9-11,17-18,20,22,27,31-32,35-36H,1,8,12-16H2,2-3H3/b24-11-. The molecule has 0 aromatic heterocycles. The molecule has 8 nitrogen and oxygen atoms in total. The van der Waals surface area contributed by atoms with Crippen LogP contribution in [0.25, 0.3) is 0 Å². The van der Waals surface area contributed by atoms with E-state index in [1.165, 1.54) is 17.3 Å². The van der Waals surface area contributed by atoms with E-state index in [0.29, 0.717) is 25.5 Å². The molecule has 4 rings (SSSR count). The minimum absolute atomic E-state index is 0.0144. The summed E-state index contributed by atoms with van der Waals surface area (Å²) in [6.45, 7) is 5.86. The Balaban J connectivity index is 1.71. The number of anilines is 1. The number of benzene rings is 1. The second-order valence-electron chi connectivity index (χ2n) is 9.58. The Labute approximate surface area is 222 Å². The van der Waals surface area contributed by atoms with Gasteiger partial charge in [-0.15, -0.1) is 4.39 Å². The average molecular weight is 531 g/mol. The smallest absolute Gasteiger partial charge is 0.411 e. The number of aliphatic hydroxyl groups is 2. The highest BCUT2D eigenvalue weighted by Gasteiger charge is 2.38. The first-order valence-corrected chi connectivity index (χ1v) is 12.7. The lowest BCUT2D eigenvalue weighted by molar-refractivity contribution is -0.399. The molecule has 2 unspecified atom stereocenters. The van der Waals surface area contributed by atoms with Gasteiger partial charge in [-0.3, -0.25) is 5.01 Å². The number of nitrogens with one attached hydrogen (secondary N) is 2. The summed E-state index contributed by atoms with van der Waals surface area (Å²) in [4.78, 5) is 0. The zero-order chi connectivity index (χ0) is 27.3. The zero-order valence-corrected chi connectivity index (χ0v) is 21.7. The number of nitrogens with zero attached hydrogens (tertiary/aromatic N) is 2. The molecular weight excluding hydrogens is 494 g/mol. The van der Waals surface area contributed by atoms with Gasteiger partial charge in [0.1, 0.15) is 5.82 Å². The summed E-state index contributed by atoms with van der Waals surface area (Å²) >= 11 is 0. The van der Waals surface area contributed by atoms with Crippen molar-refractivity contribution in [2.75, 3.05) is 38.9 Å². The lowest BCUT2D eigenvalue weighted by Gasteiger charge is -2.44. The predicted octanol–water partition coefficient (Wildman–Crippen LogP) is 3.31. The van der Waals surface area contributed by atoms with Gasteiger partial charge < -0.3 is 30.3 Å². The molecule has 10 heteroatoms. The van der Waals surface area contributed by atoms with Crippen molar-refractivity contribution >= 4 is 5.69 Å². The van der Waals surface area contributed by atoms with Gasteiger partial charge >= 0.3 is 6.23 Å². The molecule has 0 bridgehead atoms. The van der Waals surface area contributed by atoms with Crippen LogP contribution in [-0.2, 0) is 9.47 Å². The first-order chi connectivity index (χ1) is 18.2. The van der Waals surface area contributed by atoms with Gasteiger partial charge in [0, 0.05) is 44.1 Å². The molecule has 3 aliphatic rings. The lowest BCUT2D eigenvalue weighted by atomic mass is 9.91. The van der Waals surface area contributed by atoms with E-state index in [4.69, 9.17) is 9.47 Å². The molecule has 0 radical (unpaired) electrons. The zero-order valence-electron chi connectivity index (χ0n) is 21.7. The fourth-order valence-electron chi connectivity index (χ4n) is 4.99. The summed E-state index contributed by atoms with van der Waals surface area (Å²) in [5.74, 6) is -0.497. The van der Waals surface area contributed by atoms with E-state index in [9.17, 15) is 14.6 Å². The summed E-state index contributed by atoms with van der Waals surface area (Å²) in [6.07, 6.45) is 9.65. The summed E-state index contributed by atoms with van der Waals surface area (Å²) in [5, 5.41) is 28.5. The molecule has 1 aliphatic carbocycles. The highest BCUT2D eigenvalue weighted by molar-refractivity contribution is 5.55. The van der Waals surface area contributed by atoms with Crippen molar-refractivity contribution in [2.24, 2.45) is 0 Å². The molecule has 2 atom stereocenters. The van der Waals surface area contributed by atoms with Crippen LogP contribution in [0.4, 0.5) is 14.5 Å². The fourth-order valence-corrected chi connectivity index (χ4v) is 4.99. The van der Waals surface area contributed by atoms with Crippen molar-refractivity contribution in [3.8, 4) is 0 Å². The van der Waals surface area contributed by atoms with E-state index in [1.54, 1.807) is 18.1 Å². The summed E-state index contributed by atoms with van der Waals surface area (Å²) in [7, 11) is 3.56. The molecule has 1 aromatic carbocycles. The lowest BCUT2D eigenvalue weighted by Crippen LogP contribution is -2.52. The maximum atomic E-state index is 15.6. The van der Waals surface area contributed by atoms with E-state index in [1.807, 2.05) is 43.5 Å². The summed E-state index contributed by atoms with van der Waals surface area (Å²) in [6, 6.07) is 4.37. The first-order valence-electron chi connectivity index (χ1n) is 12.7. The third-order valence-corrected chi connectivity index (χ3v) is 6.90. The van der Waals surface area contributed by atoms with Crippen LogP contribution >= 0.6 is 0 Å². The van der Waals surface area contributed by atoms with Gasteiger partial charge in [-0.2, -0.15) is 0 Å². The monoisotopic (exact) mass is 530 g/mol. The number of alkyl halides is 1. The highest BCUT2D eigenvalue weighted by atomic mass is 19.2. The van der Waals surface area contributed by atoms with Crippen LogP contribution in [0.5, 0.6) is 0 Å². The van der Waals surface area contributed by atoms with Crippen molar-refractivity contribution in [3.05, 3.63) is 89.8 Å². The van der Waals surface area contributed by atoms with Crippen LogP contribution in [0.3, 0.4) is 0 Å². The Bertz CT molecular complexity index is 1120. The highest BCUT2D eigenvalue weighted by Crippen LogP contribution is 2.37. The number of hydrogen-bond donors (Lipinski definition) is 4. The molecule has 206 valence electrons. The van der Waals surface area contributed by atoms with Crippen LogP contribution in [0.15, 0.2) is 78.4 Å². The van der Waals surface area contributed by atoms with Crippen molar-refractivity contribution in [1.29, 1.82) is 0 Å². The van der Waals surface area contributed by atoms with Crippen LogP contribution in [0, 0.1) is 5.82 Å². The molecule has 0 spiro atoms. The fraction of sp³-hybridized carbons (Fsp3) is 0.429. The Hall–Kier alpha value is -3.02. The van der Waals surface area contributed by atoms with Gasteiger partial charge in [0.2, 0.25) is 0 Å². The molecular formula is C28H36F2N4O4. The number of likely N-dealkylation sites (N-methyl/N-ethyl adjacent to an activating group) is 2. The summed E-state index contributed by atoms with van der Waals surface area (Å²) in [5.41, 5.74) is 2.04. The van der Waals surface area contributed by atoms with Crippen LogP contribution in [-0.4, -0.2) is 67.4 Å². The van der Waals surface area contributed by atoms with Crippen LogP contribution in [0.2, 0.25) is 0 Å². The van der Waals surface area contributed by atoms with Gasteiger partial charge in [-0.1, -0.05) is 36.9 Å². The number of allylic oxidation sites excluding steroid dienone is 2. The molecule has 1 aromatic rings. The van der Waals surface area contributed by atoms with Crippen molar-refractivity contribution in [1.82, 2.24) is 15.6 Å². The van der Waals surface area contributed by atoms with Crippen molar-refractivity contribution in [3.63, 3.8) is 0 Å². The molecule has 0 amide bonds. The van der Waals surface area contributed by atoms with Gasteiger partial charge in [0.05, 0.1) is 17.9 Å². The largest absolute Gasteiger partial charge is 0.492 e. The van der Waals surface area contributed by atoms with E-state index in [0.717, 1.165) is 24.8 Å². The number of hydrazine groups is 1. The van der Waals surface area contributed by atoms with Gasteiger partial charge in [0.15, 0.2) is 5.76 Å². The third kappa shape index (κ3) is 6.69. The Morgan fingerprint density at radius 1 is 1.29 bits per heavy atom. The molecule has 38 heavy (non-hydrogen) atoms. The SMILES string of the molecule is C=C1C(OC(O)(O)F)=CN(c2ccc(C3CCOCC3)cc2F)N(C)C1/C(=C/CNC)NC1C=CC=CC1. The third-order valence-electron chi connectivity index (χ3n) is 6.90. The Morgan fingerprint density at radius 2 is 2.05 bits per heavy atom. The predicted molar refractivity (Wildman–Crippen MR) is 142 cm³/mol. The molecule has 1 fully saturated rings. The molecule has 1 saturated heterocycles. The van der Waals surface area contributed by atoms with E-state index in [-0.39, 0.29) is 29.0 Å². The Kier molecular flexibility index (Phi) is 9.01. The maximum Gasteiger partial charge on any atom is 0.492 e. The first kappa shape index (κ1) is 28.0. The van der Waals surface area contributed by atoms with Gasteiger partial charge in [0.25, 0.3) is 0 Å². The van der Waals surface area contributed by atoms with Crippen LogP contribution < -0.4 is 15.6 Å². The molecule has 2 aliphatic heterocycles. The van der Waals surface area contributed by atoms with Crippen molar-refractivity contribution in [2.45, 2.75) is 43.5 Å². The minimum Gasteiger partial charge on any atom is -0.411 e. The maximum absolute atomic E-state index is 15.6. The van der Waals surface area contributed by atoms with E-state index < -0.39 is 18.1 Å². The van der Waals surface area contributed by atoms with E-state index >= 15 is 4.39 Å². The van der Waals surface area contributed by atoms with Gasteiger partial charge in [-0.05, 0) is 56.0 Å². The number of ether oxygens (including phenoxy) is 2. The second-order valence-corrected chi connectivity index (χ2v) is 9.58. The van der Waals surface area contributed by atoms with Crippen molar-refractivity contribution < 1.29 is 28.5 Å². The van der Waals surface area contributed by atoms with E-state index in [2.05, 4.69) is 17.2 Å². The van der Waals surface area contributed by atoms with Gasteiger partial charge in [-0.25, -0.2) is 9.40 Å². The average Bonchev–Trinajstić information content (AvgIpc) is 2.89. The normalized spacial score (nSPS) is 23.5. The molecule has 0 saturated carbocycles. The number of rotatable bonds is 9. The minimum atomic E-state index is -3.94. The quantitative estimate of drug-likeness (QED) is 0.362. The molecule has 4 N–H and O–H groups in total. The topological polar surface area (TPSA) is 89.5 Å². The Morgan fingerprint density at radius 3 is 2.68 bits per heavy atom.